The highest BCUT2D eigenvalue weighted by Gasteiger charge is 2.21. The summed E-state index contributed by atoms with van der Waals surface area (Å²) in [5, 5.41) is 0. The summed E-state index contributed by atoms with van der Waals surface area (Å²) in [5.74, 6) is -0.649. The lowest BCUT2D eigenvalue weighted by molar-refractivity contribution is -0.153. The fraction of sp³-hybridized carbons (Fsp3) is 0.846. The van der Waals surface area contributed by atoms with Crippen molar-refractivity contribution in [2.45, 2.75) is 46.6 Å². The Kier molecular flexibility index (Phi) is 8.37. The van der Waals surface area contributed by atoms with Crippen LogP contribution in [0.15, 0.2) is 0 Å². The van der Waals surface area contributed by atoms with Crippen molar-refractivity contribution in [3.8, 4) is 0 Å². The van der Waals surface area contributed by atoms with Crippen LogP contribution in [-0.4, -0.2) is 42.5 Å². The summed E-state index contributed by atoms with van der Waals surface area (Å²) < 4.78 is 4.95. The predicted molar refractivity (Wildman–Crippen MR) is 70.9 cm³/mol. The van der Waals surface area contributed by atoms with E-state index < -0.39 is 12.0 Å². The molecular weight excluding hydrogens is 232 g/mol. The molecule has 0 aromatic rings. The minimum absolute atomic E-state index is 0.00925. The summed E-state index contributed by atoms with van der Waals surface area (Å²) >= 11 is 0. The van der Waals surface area contributed by atoms with Gasteiger partial charge in [0, 0.05) is 13.1 Å². The quantitative estimate of drug-likeness (QED) is 0.663. The van der Waals surface area contributed by atoms with Gasteiger partial charge in [0.05, 0.1) is 0 Å². The summed E-state index contributed by atoms with van der Waals surface area (Å²) in [7, 11) is 0. The van der Waals surface area contributed by atoms with Gasteiger partial charge in [-0.05, 0) is 18.8 Å². The molecular formula is C13H26N2O3. The molecule has 0 aromatic carbocycles. The Morgan fingerprint density at radius 1 is 1.17 bits per heavy atom. The van der Waals surface area contributed by atoms with Crippen molar-refractivity contribution in [1.82, 2.24) is 4.90 Å². The first-order valence-corrected chi connectivity index (χ1v) is 6.63. The highest BCUT2D eigenvalue weighted by molar-refractivity contribution is 5.82. The highest BCUT2D eigenvalue weighted by atomic mass is 16.5. The second-order valence-corrected chi connectivity index (χ2v) is 4.76. The number of hydrogen-bond acceptors (Lipinski definition) is 4. The van der Waals surface area contributed by atoms with Gasteiger partial charge in [-0.1, -0.05) is 27.7 Å². The van der Waals surface area contributed by atoms with Crippen LogP contribution < -0.4 is 5.73 Å². The third-order valence-electron chi connectivity index (χ3n) is 2.67. The van der Waals surface area contributed by atoms with Gasteiger partial charge in [0.2, 0.25) is 0 Å². The third kappa shape index (κ3) is 6.00. The lowest BCUT2D eigenvalue weighted by Gasteiger charge is -2.22. The van der Waals surface area contributed by atoms with E-state index in [0.29, 0.717) is 13.1 Å². The molecule has 0 spiro atoms. The topological polar surface area (TPSA) is 72.6 Å². The molecule has 18 heavy (non-hydrogen) atoms. The van der Waals surface area contributed by atoms with E-state index in [1.54, 1.807) is 4.90 Å². The second kappa shape index (κ2) is 8.91. The average Bonchev–Trinajstić information content (AvgIpc) is 2.34. The molecule has 0 fully saturated rings. The molecule has 0 aliphatic rings. The second-order valence-electron chi connectivity index (χ2n) is 4.76. The molecule has 1 atom stereocenters. The lowest BCUT2D eigenvalue weighted by Crippen LogP contribution is -2.40. The van der Waals surface area contributed by atoms with Gasteiger partial charge in [0.25, 0.3) is 5.91 Å². The number of nitrogens with two attached hydrogens (primary N) is 1. The molecule has 0 aliphatic carbocycles. The van der Waals surface area contributed by atoms with E-state index in [1.165, 1.54) is 0 Å². The van der Waals surface area contributed by atoms with Crippen molar-refractivity contribution in [3.63, 3.8) is 0 Å². The number of carbonyl (C=O) groups is 2. The molecule has 5 nitrogen and oxygen atoms in total. The molecule has 0 unspecified atom stereocenters. The Hall–Kier alpha value is -1.10. The van der Waals surface area contributed by atoms with Crippen molar-refractivity contribution in [2.75, 3.05) is 19.7 Å². The maximum Gasteiger partial charge on any atom is 0.323 e. The first-order chi connectivity index (χ1) is 8.43. The summed E-state index contributed by atoms with van der Waals surface area (Å²) in [6.45, 7) is 8.88. The number of nitrogens with zero attached hydrogens (tertiary/aromatic N) is 1. The van der Waals surface area contributed by atoms with Crippen molar-refractivity contribution in [1.29, 1.82) is 0 Å². The molecule has 0 heterocycles. The fourth-order valence-corrected chi connectivity index (χ4v) is 1.49. The number of amides is 1. The monoisotopic (exact) mass is 258 g/mol. The van der Waals surface area contributed by atoms with Crippen molar-refractivity contribution in [2.24, 2.45) is 11.7 Å². The van der Waals surface area contributed by atoms with Gasteiger partial charge in [0.1, 0.15) is 6.04 Å². The maximum atomic E-state index is 11.8. The zero-order valence-electron chi connectivity index (χ0n) is 11.9. The van der Waals surface area contributed by atoms with Crippen molar-refractivity contribution < 1.29 is 14.3 Å². The average molecular weight is 258 g/mol. The number of carbonyl (C=O) groups excluding carboxylic acids is 2. The van der Waals surface area contributed by atoms with Crippen LogP contribution >= 0.6 is 0 Å². The SMILES string of the molecule is CCCN(CCC)C(=O)COC(=O)[C@@H](N)C(C)C. The predicted octanol–water partition coefficient (Wildman–Crippen LogP) is 1.16. The molecule has 0 rings (SSSR count). The van der Waals surface area contributed by atoms with Gasteiger partial charge >= 0.3 is 5.97 Å². The third-order valence-corrected chi connectivity index (χ3v) is 2.67. The minimum Gasteiger partial charge on any atom is -0.454 e. The standard InChI is InChI=1S/C13H26N2O3/c1-5-7-15(8-6-2)11(16)9-18-13(17)12(14)10(3)4/h10,12H,5-9,14H2,1-4H3/t12-/m0/s1. The van der Waals surface area contributed by atoms with E-state index in [4.69, 9.17) is 10.5 Å². The summed E-state index contributed by atoms with van der Waals surface area (Å²) in [5.41, 5.74) is 5.64. The molecule has 0 aliphatic heterocycles. The van der Waals surface area contributed by atoms with Gasteiger partial charge in [-0.25, -0.2) is 0 Å². The molecule has 2 N–H and O–H groups in total. The van der Waals surface area contributed by atoms with Gasteiger partial charge in [-0.3, -0.25) is 9.59 Å². The van der Waals surface area contributed by atoms with Crippen molar-refractivity contribution in [3.05, 3.63) is 0 Å². The van der Waals surface area contributed by atoms with Crippen LogP contribution in [0.1, 0.15) is 40.5 Å². The van der Waals surface area contributed by atoms with Gasteiger partial charge < -0.3 is 15.4 Å². The number of hydrogen-bond donors (Lipinski definition) is 1. The van der Waals surface area contributed by atoms with Crippen LogP contribution in [0.25, 0.3) is 0 Å². The molecule has 0 radical (unpaired) electrons. The summed E-state index contributed by atoms with van der Waals surface area (Å²) in [6.07, 6.45) is 1.79. The molecule has 0 saturated heterocycles. The fourth-order valence-electron chi connectivity index (χ4n) is 1.49. The van der Waals surface area contributed by atoms with Crippen LogP contribution in [0.2, 0.25) is 0 Å². The Labute approximate surface area is 110 Å². The number of rotatable bonds is 8. The van der Waals surface area contributed by atoms with Crippen LogP contribution in [0, 0.1) is 5.92 Å². The molecule has 0 saturated carbocycles. The molecule has 106 valence electrons. The first-order valence-electron chi connectivity index (χ1n) is 6.63. The van der Waals surface area contributed by atoms with Gasteiger partial charge in [-0.2, -0.15) is 0 Å². The van der Waals surface area contributed by atoms with Gasteiger partial charge in [-0.15, -0.1) is 0 Å². The molecule has 0 aromatic heterocycles. The number of ether oxygens (including phenoxy) is 1. The zero-order valence-corrected chi connectivity index (χ0v) is 11.9. The Morgan fingerprint density at radius 2 is 1.67 bits per heavy atom. The van der Waals surface area contributed by atoms with Crippen LogP contribution in [-0.2, 0) is 14.3 Å². The van der Waals surface area contributed by atoms with E-state index in [-0.39, 0.29) is 18.4 Å². The zero-order chi connectivity index (χ0) is 14.1. The minimum atomic E-state index is -0.663. The van der Waals surface area contributed by atoms with Gasteiger partial charge in [0.15, 0.2) is 6.61 Å². The Bertz CT molecular complexity index is 261. The largest absolute Gasteiger partial charge is 0.454 e. The van der Waals surface area contributed by atoms with Crippen molar-refractivity contribution >= 4 is 11.9 Å². The summed E-state index contributed by atoms with van der Waals surface area (Å²) in [4.78, 5) is 25.1. The summed E-state index contributed by atoms with van der Waals surface area (Å²) in [6, 6.07) is -0.663. The van der Waals surface area contributed by atoms with Crippen LogP contribution in [0.5, 0.6) is 0 Å². The Morgan fingerprint density at radius 3 is 2.06 bits per heavy atom. The lowest BCUT2D eigenvalue weighted by atomic mass is 10.1. The van der Waals surface area contributed by atoms with E-state index in [2.05, 4.69) is 0 Å². The molecule has 0 bridgehead atoms. The normalized spacial score (nSPS) is 12.3. The first kappa shape index (κ1) is 16.9. The number of esters is 1. The van der Waals surface area contributed by atoms with E-state index in [0.717, 1.165) is 12.8 Å². The Balaban J connectivity index is 4.18. The smallest absolute Gasteiger partial charge is 0.323 e. The van der Waals surface area contributed by atoms with E-state index in [9.17, 15) is 9.59 Å². The molecule has 1 amide bonds. The maximum absolute atomic E-state index is 11.8. The van der Waals surface area contributed by atoms with E-state index in [1.807, 2.05) is 27.7 Å². The van der Waals surface area contributed by atoms with Crippen LogP contribution in [0.4, 0.5) is 0 Å². The highest BCUT2D eigenvalue weighted by Crippen LogP contribution is 2.02. The van der Waals surface area contributed by atoms with Crippen LogP contribution in [0.3, 0.4) is 0 Å². The molecule has 5 heteroatoms. The van der Waals surface area contributed by atoms with E-state index >= 15 is 0 Å².